The van der Waals surface area contributed by atoms with E-state index >= 15 is 0 Å². The number of carbonyl (C=O) groups is 1. The quantitative estimate of drug-likeness (QED) is 0.629. The molecule has 2 unspecified atom stereocenters. The van der Waals surface area contributed by atoms with Crippen LogP contribution in [-0.2, 0) is 4.79 Å². The molecule has 0 heterocycles. The number of ether oxygens (including phenoxy) is 1. The predicted octanol–water partition coefficient (Wildman–Crippen LogP) is 5.32. The summed E-state index contributed by atoms with van der Waals surface area (Å²) in [4.78, 5) is 12.8. The number of nitrogens with one attached hydrogen (secondary N) is 1. The third-order valence-electron chi connectivity index (χ3n) is 4.31. The van der Waals surface area contributed by atoms with Crippen molar-refractivity contribution in [2.45, 2.75) is 26.0 Å². The first-order chi connectivity index (χ1) is 13.0. The lowest BCUT2D eigenvalue weighted by molar-refractivity contribution is -0.127. The maximum atomic E-state index is 12.8. The first-order valence-electron chi connectivity index (χ1n) is 8.87. The van der Waals surface area contributed by atoms with Crippen LogP contribution in [0, 0.1) is 6.92 Å². The smallest absolute Gasteiger partial charge is 0.261 e. The minimum atomic E-state index is -0.653. The fraction of sp³-hybridized carbons (Fsp3) is 0.174. The fourth-order valence-corrected chi connectivity index (χ4v) is 3.00. The van der Waals surface area contributed by atoms with E-state index < -0.39 is 6.10 Å². The summed E-state index contributed by atoms with van der Waals surface area (Å²) in [5.74, 6) is 0.376. The Bertz CT molecular complexity index is 894. The zero-order chi connectivity index (χ0) is 19.2. The van der Waals surface area contributed by atoms with Crippen molar-refractivity contribution >= 4 is 17.5 Å². The van der Waals surface area contributed by atoms with Crippen LogP contribution in [0.1, 0.15) is 29.7 Å². The van der Waals surface area contributed by atoms with Gasteiger partial charge in [-0.1, -0.05) is 77.8 Å². The van der Waals surface area contributed by atoms with E-state index in [9.17, 15) is 4.79 Å². The van der Waals surface area contributed by atoms with Gasteiger partial charge in [-0.3, -0.25) is 4.79 Å². The van der Waals surface area contributed by atoms with Gasteiger partial charge in [0.1, 0.15) is 5.75 Å². The van der Waals surface area contributed by atoms with E-state index in [-0.39, 0.29) is 11.9 Å². The van der Waals surface area contributed by atoms with Gasteiger partial charge in [0.25, 0.3) is 5.91 Å². The Morgan fingerprint density at radius 3 is 2.26 bits per heavy atom. The Hall–Kier alpha value is -2.78. The summed E-state index contributed by atoms with van der Waals surface area (Å²) >= 11 is 5.98. The lowest BCUT2D eigenvalue weighted by Crippen LogP contribution is -2.39. The topological polar surface area (TPSA) is 38.3 Å². The SMILES string of the molecule is Cc1ccc(C(NC(=O)C(C)Oc2cccc(Cl)c2)c2ccccc2)cc1. The number of aryl methyl sites for hydroxylation is 1. The van der Waals surface area contributed by atoms with Crippen LogP contribution in [0.4, 0.5) is 0 Å². The molecule has 3 aromatic rings. The van der Waals surface area contributed by atoms with Crippen molar-refractivity contribution in [3.05, 3.63) is 101 Å². The summed E-state index contributed by atoms with van der Waals surface area (Å²) in [5.41, 5.74) is 3.22. The Labute approximate surface area is 164 Å². The van der Waals surface area contributed by atoms with E-state index in [1.165, 1.54) is 5.56 Å². The lowest BCUT2D eigenvalue weighted by Gasteiger charge is -2.23. The van der Waals surface area contributed by atoms with Crippen LogP contribution in [0.25, 0.3) is 0 Å². The van der Waals surface area contributed by atoms with Gasteiger partial charge < -0.3 is 10.1 Å². The maximum absolute atomic E-state index is 12.8. The van der Waals surface area contributed by atoms with Gasteiger partial charge in [0.2, 0.25) is 0 Å². The van der Waals surface area contributed by atoms with Crippen molar-refractivity contribution in [2.24, 2.45) is 0 Å². The van der Waals surface area contributed by atoms with Crippen LogP contribution < -0.4 is 10.1 Å². The molecule has 0 aliphatic rings. The molecule has 0 bridgehead atoms. The van der Waals surface area contributed by atoms with Crippen LogP contribution >= 0.6 is 11.6 Å². The molecule has 3 aromatic carbocycles. The highest BCUT2D eigenvalue weighted by Crippen LogP contribution is 2.23. The number of rotatable bonds is 6. The summed E-state index contributed by atoms with van der Waals surface area (Å²) in [6.45, 7) is 3.77. The van der Waals surface area contributed by atoms with Crippen molar-refractivity contribution in [2.75, 3.05) is 0 Å². The average molecular weight is 380 g/mol. The van der Waals surface area contributed by atoms with Gasteiger partial charge in [0, 0.05) is 5.02 Å². The van der Waals surface area contributed by atoms with Gasteiger partial charge in [-0.15, -0.1) is 0 Å². The molecule has 0 fully saturated rings. The molecule has 0 aromatic heterocycles. The minimum absolute atomic E-state index is 0.190. The third-order valence-corrected chi connectivity index (χ3v) is 4.54. The van der Waals surface area contributed by atoms with Crippen LogP contribution in [0.2, 0.25) is 5.02 Å². The molecule has 3 nitrogen and oxygen atoms in total. The summed E-state index contributed by atoms with van der Waals surface area (Å²) in [6.07, 6.45) is -0.653. The predicted molar refractivity (Wildman–Crippen MR) is 109 cm³/mol. The van der Waals surface area contributed by atoms with E-state index in [0.717, 1.165) is 11.1 Å². The lowest BCUT2D eigenvalue weighted by atomic mass is 9.97. The molecule has 2 atom stereocenters. The van der Waals surface area contributed by atoms with E-state index in [4.69, 9.17) is 16.3 Å². The van der Waals surface area contributed by atoms with Gasteiger partial charge in [-0.2, -0.15) is 0 Å². The molecular formula is C23H22ClNO2. The summed E-state index contributed by atoms with van der Waals surface area (Å²) in [7, 11) is 0. The number of amides is 1. The minimum Gasteiger partial charge on any atom is -0.481 e. The molecular weight excluding hydrogens is 358 g/mol. The molecule has 0 saturated heterocycles. The zero-order valence-corrected chi connectivity index (χ0v) is 16.1. The molecule has 3 rings (SSSR count). The Kier molecular flexibility index (Phi) is 6.15. The highest BCUT2D eigenvalue weighted by molar-refractivity contribution is 6.30. The number of hydrogen-bond acceptors (Lipinski definition) is 2. The van der Waals surface area contributed by atoms with Crippen molar-refractivity contribution in [3.8, 4) is 5.75 Å². The highest BCUT2D eigenvalue weighted by atomic mass is 35.5. The van der Waals surface area contributed by atoms with Crippen LogP contribution in [0.5, 0.6) is 5.75 Å². The van der Waals surface area contributed by atoms with Crippen molar-refractivity contribution < 1.29 is 9.53 Å². The molecule has 4 heteroatoms. The molecule has 0 aliphatic heterocycles. The zero-order valence-electron chi connectivity index (χ0n) is 15.4. The molecule has 0 saturated carbocycles. The van der Waals surface area contributed by atoms with E-state index in [1.54, 1.807) is 31.2 Å². The highest BCUT2D eigenvalue weighted by Gasteiger charge is 2.21. The maximum Gasteiger partial charge on any atom is 0.261 e. The first-order valence-corrected chi connectivity index (χ1v) is 9.25. The molecule has 1 amide bonds. The van der Waals surface area contributed by atoms with Crippen molar-refractivity contribution in [1.82, 2.24) is 5.32 Å². The number of halogens is 1. The van der Waals surface area contributed by atoms with Crippen LogP contribution in [0.3, 0.4) is 0 Å². The van der Waals surface area contributed by atoms with Gasteiger partial charge in [-0.05, 0) is 43.2 Å². The van der Waals surface area contributed by atoms with E-state index in [1.807, 2.05) is 61.5 Å². The van der Waals surface area contributed by atoms with E-state index in [2.05, 4.69) is 5.32 Å². The average Bonchev–Trinajstić information content (AvgIpc) is 2.67. The molecule has 0 radical (unpaired) electrons. The summed E-state index contributed by atoms with van der Waals surface area (Å²) < 4.78 is 5.75. The fourth-order valence-electron chi connectivity index (χ4n) is 2.82. The Morgan fingerprint density at radius 1 is 0.926 bits per heavy atom. The first kappa shape index (κ1) is 19.0. The molecule has 1 N–H and O–H groups in total. The molecule has 0 aliphatic carbocycles. The standard InChI is InChI=1S/C23H22ClNO2/c1-16-11-13-19(14-12-16)22(18-7-4-3-5-8-18)25-23(26)17(2)27-21-10-6-9-20(24)15-21/h3-15,17,22H,1-2H3,(H,25,26). The second-order valence-electron chi connectivity index (χ2n) is 6.48. The Balaban J connectivity index is 1.79. The molecule has 138 valence electrons. The Morgan fingerprint density at radius 2 is 1.59 bits per heavy atom. The van der Waals surface area contributed by atoms with Crippen molar-refractivity contribution in [3.63, 3.8) is 0 Å². The van der Waals surface area contributed by atoms with Gasteiger partial charge in [-0.25, -0.2) is 0 Å². The van der Waals surface area contributed by atoms with Crippen LogP contribution in [-0.4, -0.2) is 12.0 Å². The number of hydrogen-bond donors (Lipinski definition) is 1. The van der Waals surface area contributed by atoms with Gasteiger partial charge >= 0.3 is 0 Å². The normalized spacial score (nSPS) is 12.9. The van der Waals surface area contributed by atoms with Crippen LogP contribution in [0.15, 0.2) is 78.9 Å². The second kappa shape index (κ2) is 8.74. The summed E-state index contributed by atoms with van der Waals surface area (Å²) in [6, 6.07) is 24.9. The third kappa shape index (κ3) is 5.11. The largest absolute Gasteiger partial charge is 0.481 e. The second-order valence-corrected chi connectivity index (χ2v) is 6.92. The van der Waals surface area contributed by atoms with Crippen molar-refractivity contribution in [1.29, 1.82) is 0 Å². The number of carbonyl (C=O) groups excluding carboxylic acids is 1. The van der Waals surface area contributed by atoms with Gasteiger partial charge in [0.05, 0.1) is 6.04 Å². The molecule has 0 spiro atoms. The van der Waals surface area contributed by atoms with Gasteiger partial charge in [0.15, 0.2) is 6.10 Å². The van der Waals surface area contributed by atoms with E-state index in [0.29, 0.717) is 10.8 Å². The summed E-state index contributed by atoms with van der Waals surface area (Å²) in [5, 5.41) is 3.68. The molecule has 27 heavy (non-hydrogen) atoms. The monoisotopic (exact) mass is 379 g/mol. The number of benzene rings is 3.